The highest BCUT2D eigenvalue weighted by Crippen LogP contribution is 2.21. The van der Waals surface area contributed by atoms with Gasteiger partial charge in [-0.25, -0.2) is 4.68 Å². The summed E-state index contributed by atoms with van der Waals surface area (Å²) >= 11 is 0. The number of carbonyl (C=O) groups excluding carboxylic acids is 2. The molecule has 7 heteroatoms. The van der Waals surface area contributed by atoms with Crippen LogP contribution in [0.4, 0.5) is 5.69 Å². The number of nitrogens with zero attached hydrogens (tertiary/aromatic N) is 2. The normalized spacial score (nSPS) is 10.7. The Balaban J connectivity index is 1.98. The summed E-state index contributed by atoms with van der Waals surface area (Å²) in [6, 6.07) is 11.9. The number of anilines is 1. The van der Waals surface area contributed by atoms with Crippen molar-refractivity contribution in [1.29, 1.82) is 0 Å². The molecule has 0 bridgehead atoms. The number of aromatic nitrogens is 2. The van der Waals surface area contributed by atoms with Crippen LogP contribution in [-0.4, -0.2) is 21.7 Å². The molecule has 138 valence electrons. The Hall–Kier alpha value is -3.48. The number of rotatable bonds is 5. The zero-order valence-corrected chi connectivity index (χ0v) is 15.0. The molecule has 1 heterocycles. The van der Waals surface area contributed by atoms with Crippen LogP contribution in [0.15, 0.2) is 47.3 Å². The van der Waals surface area contributed by atoms with Crippen molar-refractivity contribution in [3.8, 4) is 0 Å². The summed E-state index contributed by atoms with van der Waals surface area (Å²) in [5, 5.41) is 18.4. The van der Waals surface area contributed by atoms with E-state index in [0.717, 1.165) is 22.2 Å². The zero-order valence-electron chi connectivity index (χ0n) is 15.0. The van der Waals surface area contributed by atoms with Crippen LogP contribution in [-0.2, 0) is 17.8 Å². The van der Waals surface area contributed by atoms with Crippen LogP contribution in [0.25, 0.3) is 10.8 Å². The van der Waals surface area contributed by atoms with Gasteiger partial charge in [0.05, 0.1) is 11.4 Å². The largest absolute Gasteiger partial charge is 0.543 e. The molecule has 0 aliphatic rings. The third kappa shape index (κ3) is 3.57. The molecule has 1 amide bonds. The second kappa shape index (κ2) is 7.41. The lowest BCUT2D eigenvalue weighted by atomic mass is 10.1. The van der Waals surface area contributed by atoms with Gasteiger partial charge in [0, 0.05) is 11.1 Å². The van der Waals surface area contributed by atoms with E-state index in [1.807, 2.05) is 32.0 Å². The second-order valence-electron chi connectivity index (χ2n) is 6.16. The summed E-state index contributed by atoms with van der Waals surface area (Å²) in [7, 11) is 0. The summed E-state index contributed by atoms with van der Waals surface area (Å²) < 4.78 is 0.854. The Bertz CT molecular complexity index is 1100. The first kappa shape index (κ1) is 18.3. The highest BCUT2D eigenvalue weighted by atomic mass is 16.4. The zero-order chi connectivity index (χ0) is 19.6. The van der Waals surface area contributed by atoms with Crippen molar-refractivity contribution in [3.05, 3.63) is 69.6 Å². The third-order valence-electron chi connectivity index (χ3n) is 4.36. The Morgan fingerprint density at radius 3 is 2.48 bits per heavy atom. The van der Waals surface area contributed by atoms with Crippen LogP contribution in [0.3, 0.4) is 0 Å². The van der Waals surface area contributed by atoms with Gasteiger partial charge >= 0.3 is 0 Å². The fourth-order valence-electron chi connectivity index (χ4n) is 3.01. The fourth-order valence-corrected chi connectivity index (χ4v) is 3.01. The van der Waals surface area contributed by atoms with Crippen molar-refractivity contribution < 1.29 is 14.7 Å². The number of fused-ring (bicyclic) bond motifs is 1. The lowest BCUT2D eigenvalue weighted by Crippen LogP contribution is -2.34. The first-order valence-corrected chi connectivity index (χ1v) is 8.52. The van der Waals surface area contributed by atoms with E-state index in [1.54, 1.807) is 12.1 Å². The molecule has 0 atom stereocenters. The Morgan fingerprint density at radius 1 is 1.11 bits per heavy atom. The first-order valence-electron chi connectivity index (χ1n) is 8.52. The number of hydrogen-bond donors (Lipinski definition) is 1. The molecule has 0 fully saturated rings. The average Bonchev–Trinajstić information content (AvgIpc) is 2.65. The molecule has 0 saturated carbocycles. The molecule has 0 unspecified atom stereocenters. The minimum Gasteiger partial charge on any atom is -0.543 e. The minimum absolute atomic E-state index is 0.171. The number of nitrogens with one attached hydrogen (secondary N) is 1. The van der Waals surface area contributed by atoms with Crippen LogP contribution >= 0.6 is 0 Å². The van der Waals surface area contributed by atoms with Crippen molar-refractivity contribution in [2.45, 2.75) is 26.8 Å². The van der Waals surface area contributed by atoms with E-state index in [0.29, 0.717) is 5.69 Å². The maximum atomic E-state index is 12.6. The van der Waals surface area contributed by atoms with E-state index in [-0.39, 0.29) is 16.5 Å². The predicted molar refractivity (Wildman–Crippen MR) is 99.5 cm³/mol. The highest BCUT2D eigenvalue weighted by molar-refractivity contribution is 6.00. The lowest BCUT2D eigenvalue weighted by molar-refractivity contribution is -0.255. The number of carboxylic acids is 1. The summed E-state index contributed by atoms with van der Waals surface area (Å²) in [5.41, 5.74) is 1.66. The minimum atomic E-state index is -1.51. The predicted octanol–water partition coefficient (Wildman–Crippen LogP) is 1.27. The Kier molecular flexibility index (Phi) is 5.03. The summed E-state index contributed by atoms with van der Waals surface area (Å²) in [6.07, 6.45) is 0.736. The van der Waals surface area contributed by atoms with Crippen molar-refractivity contribution in [2.75, 3.05) is 5.32 Å². The molecule has 0 radical (unpaired) electrons. The fraction of sp³-hybridized carbons (Fsp3) is 0.200. The van der Waals surface area contributed by atoms with Gasteiger partial charge in [0.2, 0.25) is 5.91 Å². The maximum absolute atomic E-state index is 12.6. The summed E-state index contributed by atoms with van der Waals surface area (Å²) in [5.74, 6) is -1.97. The molecule has 3 aromatic rings. The molecule has 0 spiro atoms. The molecule has 0 saturated heterocycles. The number of carboxylic acid groups (broad SMARTS) is 1. The number of hydrogen-bond acceptors (Lipinski definition) is 5. The van der Waals surface area contributed by atoms with Gasteiger partial charge in [-0.3, -0.25) is 9.59 Å². The molecule has 2 aromatic carbocycles. The smallest absolute Gasteiger partial charge is 0.275 e. The summed E-state index contributed by atoms with van der Waals surface area (Å²) in [6.45, 7) is 3.46. The van der Waals surface area contributed by atoms with Gasteiger partial charge in [-0.05, 0) is 30.5 Å². The first-order chi connectivity index (χ1) is 12.9. The van der Waals surface area contributed by atoms with Crippen molar-refractivity contribution >= 4 is 28.3 Å². The molecule has 27 heavy (non-hydrogen) atoms. The third-order valence-corrected chi connectivity index (χ3v) is 4.36. The van der Waals surface area contributed by atoms with E-state index in [9.17, 15) is 19.5 Å². The number of aromatic carboxylic acids is 1. The van der Waals surface area contributed by atoms with Crippen LogP contribution < -0.4 is 16.0 Å². The van der Waals surface area contributed by atoms with E-state index in [1.165, 1.54) is 12.1 Å². The quantitative estimate of drug-likeness (QED) is 0.734. The van der Waals surface area contributed by atoms with Gasteiger partial charge in [0.15, 0.2) is 0 Å². The second-order valence-corrected chi connectivity index (χ2v) is 6.16. The maximum Gasteiger partial charge on any atom is 0.275 e. The Morgan fingerprint density at radius 2 is 1.81 bits per heavy atom. The van der Waals surface area contributed by atoms with E-state index in [4.69, 9.17) is 0 Å². The number of benzene rings is 2. The molecule has 0 aliphatic carbocycles. The van der Waals surface area contributed by atoms with Crippen molar-refractivity contribution in [2.24, 2.45) is 0 Å². The van der Waals surface area contributed by atoms with E-state index in [2.05, 4.69) is 10.4 Å². The van der Waals surface area contributed by atoms with E-state index < -0.39 is 24.0 Å². The lowest BCUT2D eigenvalue weighted by Gasteiger charge is -2.14. The van der Waals surface area contributed by atoms with Crippen LogP contribution in [0, 0.1) is 6.92 Å². The topological polar surface area (TPSA) is 104 Å². The van der Waals surface area contributed by atoms with Gasteiger partial charge in [-0.15, -0.1) is 0 Å². The number of aryl methyl sites for hydroxylation is 2. The molecule has 7 nitrogen and oxygen atoms in total. The van der Waals surface area contributed by atoms with Gasteiger partial charge < -0.3 is 15.2 Å². The number of para-hydroxylation sites is 1. The molecular weight excluding hydrogens is 346 g/mol. The number of amides is 1. The number of carbonyl (C=O) groups is 2. The van der Waals surface area contributed by atoms with Crippen LogP contribution in [0.2, 0.25) is 0 Å². The van der Waals surface area contributed by atoms with E-state index >= 15 is 0 Å². The monoisotopic (exact) mass is 364 g/mol. The van der Waals surface area contributed by atoms with Crippen LogP contribution in [0.1, 0.15) is 28.5 Å². The highest BCUT2D eigenvalue weighted by Gasteiger charge is 2.15. The molecule has 0 aliphatic heterocycles. The van der Waals surface area contributed by atoms with Gasteiger partial charge in [-0.2, -0.15) is 5.10 Å². The van der Waals surface area contributed by atoms with Crippen LogP contribution in [0.5, 0.6) is 0 Å². The Labute approximate surface area is 155 Å². The molecular formula is C20H18N3O4-. The molecule has 1 N–H and O–H groups in total. The van der Waals surface area contributed by atoms with Gasteiger partial charge in [-0.1, -0.05) is 43.3 Å². The summed E-state index contributed by atoms with van der Waals surface area (Å²) in [4.78, 5) is 36.5. The SMILES string of the molecule is CCc1cccc(C)c1NC(=O)Cn1nc(C(=O)[O-])c2ccccc2c1=O. The van der Waals surface area contributed by atoms with Crippen molar-refractivity contribution in [3.63, 3.8) is 0 Å². The standard InChI is InChI=1S/C20H19N3O4/c1-3-13-8-6-7-12(2)17(13)21-16(24)11-23-19(25)15-10-5-4-9-14(15)18(22-23)20(26)27/h4-10H,3,11H2,1-2H3,(H,21,24)(H,26,27)/p-1. The molecule has 3 rings (SSSR count). The van der Waals surface area contributed by atoms with Gasteiger partial charge in [0.1, 0.15) is 12.2 Å². The molecule has 1 aromatic heterocycles. The average molecular weight is 364 g/mol. The van der Waals surface area contributed by atoms with Gasteiger partial charge in [0.25, 0.3) is 5.56 Å². The van der Waals surface area contributed by atoms with Crippen molar-refractivity contribution in [1.82, 2.24) is 9.78 Å².